The number of benzene rings is 1. The van der Waals surface area contributed by atoms with E-state index < -0.39 is 0 Å². The number of rotatable bonds is 7. The standard InChI is InChI=1S/C22H35N3O3/c1-17-5-4-6-19(13-17)23-22(26)16-25-11-9-24(10-12-25)15-18-14-20(27-2)7-8-21(18)28-3/h7-8,14,17,19H,4-6,9-13,15-16H2,1-3H3,(H,23,26). The molecule has 28 heavy (non-hydrogen) atoms. The molecule has 156 valence electrons. The van der Waals surface area contributed by atoms with Crippen molar-refractivity contribution in [3.8, 4) is 11.5 Å². The zero-order chi connectivity index (χ0) is 19.9. The Morgan fingerprint density at radius 3 is 2.54 bits per heavy atom. The predicted molar refractivity (Wildman–Crippen MR) is 111 cm³/mol. The minimum atomic E-state index is 0.182. The van der Waals surface area contributed by atoms with Crippen molar-refractivity contribution in [2.45, 2.75) is 45.2 Å². The first-order valence-electron chi connectivity index (χ1n) is 10.5. The van der Waals surface area contributed by atoms with Gasteiger partial charge in [-0.3, -0.25) is 14.6 Å². The van der Waals surface area contributed by atoms with Crippen molar-refractivity contribution < 1.29 is 14.3 Å². The van der Waals surface area contributed by atoms with Crippen molar-refractivity contribution >= 4 is 5.91 Å². The van der Waals surface area contributed by atoms with Crippen LogP contribution >= 0.6 is 0 Å². The van der Waals surface area contributed by atoms with Gasteiger partial charge in [-0.1, -0.05) is 19.8 Å². The number of piperazine rings is 1. The van der Waals surface area contributed by atoms with E-state index in [9.17, 15) is 4.79 Å². The van der Waals surface area contributed by atoms with Gasteiger partial charge in [0, 0.05) is 44.3 Å². The Bertz CT molecular complexity index is 644. The molecule has 0 spiro atoms. The summed E-state index contributed by atoms with van der Waals surface area (Å²) in [5.74, 6) is 2.66. The number of ether oxygens (including phenoxy) is 2. The highest BCUT2D eigenvalue weighted by Gasteiger charge is 2.23. The topological polar surface area (TPSA) is 54.0 Å². The molecule has 6 heteroatoms. The third-order valence-electron chi connectivity index (χ3n) is 6.02. The van der Waals surface area contributed by atoms with E-state index in [0.717, 1.165) is 68.5 Å². The fourth-order valence-corrected chi connectivity index (χ4v) is 4.39. The summed E-state index contributed by atoms with van der Waals surface area (Å²) >= 11 is 0. The van der Waals surface area contributed by atoms with Crippen LogP contribution in [-0.4, -0.2) is 68.7 Å². The Balaban J connectivity index is 1.44. The second-order valence-electron chi connectivity index (χ2n) is 8.27. The van der Waals surface area contributed by atoms with Crippen molar-refractivity contribution in [2.75, 3.05) is 46.9 Å². The second kappa shape index (κ2) is 10.1. The monoisotopic (exact) mass is 389 g/mol. The van der Waals surface area contributed by atoms with Crippen molar-refractivity contribution in [2.24, 2.45) is 5.92 Å². The maximum Gasteiger partial charge on any atom is 0.234 e. The highest BCUT2D eigenvalue weighted by Crippen LogP contribution is 2.26. The van der Waals surface area contributed by atoms with E-state index in [1.165, 1.54) is 12.8 Å². The maximum atomic E-state index is 12.4. The summed E-state index contributed by atoms with van der Waals surface area (Å²) in [7, 11) is 3.39. The molecular formula is C22H35N3O3. The number of methoxy groups -OCH3 is 2. The van der Waals surface area contributed by atoms with E-state index in [4.69, 9.17) is 9.47 Å². The van der Waals surface area contributed by atoms with Crippen LogP contribution in [0.3, 0.4) is 0 Å². The van der Waals surface area contributed by atoms with Gasteiger partial charge in [0.1, 0.15) is 11.5 Å². The van der Waals surface area contributed by atoms with Crippen LogP contribution < -0.4 is 14.8 Å². The van der Waals surface area contributed by atoms with E-state index in [-0.39, 0.29) is 5.91 Å². The lowest BCUT2D eigenvalue weighted by molar-refractivity contribution is -0.123. The maximum absolute atomic E-state index is 12.4. The quantitative estimate of drug-likeness (QED) is 0.777. The molecule has 1 heterocycles. The van der Waals surface area contributed by atoms with Crippen LogP contribution in [0.25, 0.3) is 0 Å². The summed E-state index contributed by atoms with van der Waals surface area (Å²) in [6, 6.07) is 6.30. The first kappa shape index (κ1) is 20.9. The normalized spacial score (nSPS) is 24.0. The van der Waals surface area contributed by atoms with Crippen LogP contribution in [0, 0.1) is 5.92 Å². The molecule has 1 saturated carbocycles. The Labute approximate surface area is 169 Å². The van der Waals surface area contributed by atoms with Gasteiger partial charge < -0.3 is 14.8 Å². The number of carbonyl (C=O) groups excluding carboxylic acids is 1. The fourth-order valence-electron chi connectivity index (χ4n) is 4.39. The number of carbonyl (C=O) groups is 1. The smallest absolute Gasteiger partial charge is 0.234 e. The molecule has 1 aromatic carbocycles. The third-order valence-corrected chi connectivity index (χ3v) is 6.02. The lowest BCUT2D eigenvalue weighted by Crippen LogP contribution is -2.50. The molecule has 1 saturated heterocycles. The molecule has 2 aliphatic rings. The largest absolute Gasteiger partial charge is 0.497 e. The summed E-state index contributed by atoms with van der Waals surface area (Å²) in [6.45, 7) is 7.38. The van der Waals surface area contributed by atoms with E-state index in [0.29, 0.717) is 12.6 Å². The highest BCUT2D eigenvalue weighted by molar-refractivity contribution is 5.78. The first-order valence-corrected chi connectivity index (χ1v) is 10.5. The molecule has 1 N–H and O–H groups in total. The summed E-state index contributed by atoms with van der Waals surface area (Å²) in [5, 5.41) is 3.25. The van der Waals surface area contributed by atoms with Gasteiger partial charge in [0.2, 0.25) is 5.91 Å². The summed E-state index contributed by atoms with van der Waals surface area (Å²) in [4.78, 5) is 17.1. The third kappa shape index (κ3) is 5.85. The van der Waals surface area contributed by atoms with E-state index in [1.807, 2.05) is 18.2 Å². The number of nitrogens with zero attached hydrogens (tertiary/aromatic N) is 2. The Kier molecular flexibility index (Phi) is 7.57. The Morgan fingerprint density at radius 1 is 1.11 bits per heavy atom. The van der Waals surface area contributed by atoms with Crippen LogP contribution in [0.1, 0.15) is 38.2 Å². The average Bonchev–Trinajstić information content (AvgIpc) is 2.69. The number of amides is 1. The lowest BCUT2D eigenvalue weighted by atomic mass is 9.87. The van der Waals surface area contributed by atoms with Crippen LogP contribution in [0.15, 0.2) is 18.2 Å². The van der Waals surface area contributed by atoms with Gasteiger partial charge in [-0.25, -0.2) is 0 Å². The minimum Gasteiger partial charge on any atom is -0.497 e. The molecule has 2 atom stereocenters. The molecule has 3 rings (SSSR count). The first-order chi connectivity index (χ1) is 13.6. The SMILES string of the molecule is COc1ccc(OC)c(CN2CCN(CC(=O)NC3CCCC(C)C3)CC2)c1. The van der Waals surface area contributed by atoms with Crippen molar-refractivity contribution in [1.82, 2.24) is 15.1 Å². The van der Waals surface area contributed by atoms with Crippen molar-refractivity contribution in [3.05, 3.63) is 23.8 Å². The number of nitrogens with one attached hydrogen (secondary N) is 1. The predicted octanol–water partition coefficient (Wildman–Crippen LogP) is 2.52. The molecule has 1 aliphatic heterocycles. The summed E-state index contributed by atoms with van der Waals surface area (Å²) in [5.41, 5.74) is 1.14. The Hall–Kier alpha value is -1.79. The molecule has 2 unspecified atom stereocenters. The molecule has 0 bridgehead atoms. The molecule has 0 aromatic heterocycles. The van der Waals surface area contributed by atoms with Crippen molar-refractivity contribution in [1.29, 1.82) is 0 Å². The molecular weight excluding hydrogens is 354 g/mol. The molecule has 1 aromatic rings. The lowest BCUT2D eigenvalue weighted by Gasteiger charge is -2.35. The zero-order valence-electron chi connectivity index (χ0n) is 17.6. The average molecular weight is 390 g/mol. The van der Waals surface area contributed by atoms with Gasteiger partial charge in [-0.05, 0) is 37.0 Å². The van der Waals surface area contributed by atoms with Gasteiger partial charge in [0.25, 0.3) is 0 Å². The molecule has 1 amide bonds. The molecule has 1 aliphatic carbocycles. The summed E-state index contributed by atoms with van der Waals surface area (Å²) in [6.07, 6.45) is 4.79. The Morgan fingerprint density at radius 2 is 1.86 bits per heavy atom. The number of hydrogen-bond donors (Lipinski definition) is 1. The van der Waals surface area contributed by atoms with Crippen LogP contribution in [-0.2, 0) is 11.3 Å². The van der Waals surface area contributed by atoms with Gasteiger partial charge in [-0.15, -0.1) is 0 Å². The molecule has 6 nitrogen and oxygen atoms in total. The highest BCUT2D eigenvalue weighted by atomic mass is 16.5. The van der Waals surface area contributed by atoms with Gasteiger partial charge in [0.05, 0.1) is 20.8 Å². The van der Waals surface area contributed by atoms with Gasteiger partial charge >= 0.3 is 0 Å². The zero-order valence-corrected chi connectivity index (χ0v) is 17.6. The fraction of sp³-hybridized carbons (Fsp3) is 0.682. The van der Waals surface area contributed by atoms with Crippen LogP contribution in [0.5, 0.6) is 11.5 Å². The summed E-state index contributed by atoms with van der Waals surface area (Å²) < 4.78 is 10.8. The van der Waals surface area contributed by atoms with Gasteiger partial charge in [-0.2, -0.15) is 0 Å². The van der Waals surface area contributed by atoms with Crippen molar-refractivity contribution in [3.63, 3.8) is 0 Å². The number of hydrogen-bond acceptors (Lipinski definition) is 5. The van der Waals surface area contributed by atoms with Gasteiger partial charge in [0.15, 0.2) is 0 Å². The van der Waals surface area contributed by atoms with E-state index in [2.05, 4.69) is 22.0 Å². The molecule has 0 radical (unpaired) electrons. The van der Waals surface area contributed by atoms with Crippen LogP contribution in [0.4, 0.5) is 0 Å². The van der Waals surface area contributed by atoms with E-state index in [1.54, 1.807) is 14.2 Å². The van der Waals surface area contributed by atoms with E-state index >= 15 is 0 Å². The molecule has 2 fully saturated rings. The minimum absolute atomic E-state index is 0.182. The second-order valence-corrected chi connectivity index (χ2v) is 8.27. The van der Waals surface area contributed by atoms with Crippen LogP contribution in [0.2, 0.25) is 0 Å².